The first kappa shape index (κ1) is 17.5. The van der Waals surface area contributed by atoms with Gasteiger partial charge in [0.2, 0.25) is 0 Å². The number of hydrogen-bond acceptors (Lipinski definition) is 3. The van der Waals surface area contributed by atoms with E-state index in [0.29, 0.717) is 11.6 Å². The summed E-state index contributed by atoms with van der Waals surface area (Å²) in [6.45, 7) is 2.04. The van der Waals surface area contributed by atoms with Gasteiger partial charge < -0.3 is 0 Å². The van der Waals surface area contributed by atoms with Gasteiger partial charge in [-0.05, 0) is 67.8 Å². The summed E-state index contributed by atoms with van der Waals surface area (Å²) >= 11 is 0. The molecule has 3 aromatic rings. The van der Waals surface area contributed by atoms with Crippen molar-refractivity contribution >= 4 is 5.91 Å². The van der Waals surface area contributed by atoms with E-state index >= 15 is 0 Å². The average Bonchev–Trinajstić information content (AvgIpc) is 3.23. The first-order valence-corrected chi connectivity index (χ1v) is 9.59. The van der Waals surface area contributed by atoms with Gasteiger partial charge in [-0.15, -0.1) is 0 Å². The molecule has 0 amide bonds. The van der Waals surface area contributed by atoms with Crippen LogP contribution in [-0.4, -0.2) is 26.3 Å². The van der Waals surface area contributed by atoms with Crippen molar-refractivity contribution in [3.8, 4) is 5.69 Å². The van der Waals surface area contributed by atoms with Crippen molar-refractivity contribution in [1.82, 2.24) is 14.3 Å². The topological polar surface area (TPSA) is 52.2 Å². The van der Waals surface area contributed by atoms with Crippen molar-refractivity contribution in [2.45, 2.75) is 45.1 Å². The lowest BCUT2D eigenvalue weighted by Crippen LogP contribution is -2.29. The molecule has 0 saturated heterocycles. The number of carbonyl (C=O) groups is 1. The summed E-state index contributed by atoms with van der Waals surface area (Å²) in [6, 6.07) is 13.7. The van der Waals surface area contributed by atoms with Crippen LogP contribution in [0.3, 0.4) is 0 Å². The van der Waals surface area contributed by atoms with Crippen molar-refractivity contribution in [2.75, 3.05) is 0 Å². The Kier molecular flexibility index (Phi) is 5.01. The summed E-state index contributed by atoms with van der Waals surface area (Å²) in [6.07, 6.45) is 11.4. The molecule has 1 fully saturated rings. The van der Waals surface area contributed by atoms with Gasteiger partial charge in [0.05, 0.1) is 11.7 Å². The van der Waals surface area contributed by atoms with Crippen molar-refractivity contribution in [3.63, 3.8) is 0 Å². The van der Waals surface area contributed by atoms with Crippen LogP contribution in [0.1, 0.15) is 48.0 Å². The van der Waals surface area contributed by atoms with Gasteiger partial charge in [0.25, 0.3) is 5.91 Å². The lowest BCUT2D eigenvalue weighted by Gasteiger charge is -2.18. The molecule has 4 rings (SSSR count). The molecule has 0 atom stereocenters. The summed E-state index contributed by atoms with van der Waals surface area (Å²) in [7, 11) is 0. The number of hydrogen-bond donors (Lipinski definition) is 0. The fraction of sp³-hybridized carbons (Fsp3) is 0.318. The molecule has 1 aromatic carbocycles. The van der Waals surface area contributed by atoms with E-state index in [1.807, 2.05) is 61.8 Å². The molecule has 1 saturated carbocycles. The van der Waals surface area contributed by atoms with E-state index < -0.39 is 0 Å². The second kappa shape index (κ2) is 7.74. The Morgan fingerprint density at radius 2 is 1.85 bits per heavy atom. The standard InChI is InChI=1S/C22H24N4O/c1-17-12-15-25(21(16-17)24-19-6-3-2-4-7-19)22(27)18-8-10-20(11-9-18)26-14-5-13-23-26/h5,8-16,19H,2-4,6-7H2,1H3. The highest BCUT2D eigenvalue weighted by molar-refractivity contribution is 5.96. The minimum Gasteiger partial charge on any atom is -0.268 e. The quantitative estimate of drug-likeness (QED) is 0.711. The molecule has 27 heavy (non-hydrogen) atoms. The Labute approximate surface area is 159 Å². The van der Waals surface area contributed by atoms with E-state index in [1.165, 1.54) is 19.3 Å². The molecule has 0 N–H and O–H groups in total. The molecular weight excluding hydrogens is 336 g/mol. The first-order valence-electron chi connectivity index (χ1n) is 9.59. The molecule has 0 aliphatic heterocycles. The summed E-state index contributed by atoms with van der Waals surface area (Å²) in [4.78, 5) is 18.0. The van der Waals surface area contributed by atoms with Gasteiger partial charge in [-0.25, -0.2) is 4.68 Å². The highest BCUT2D eigenvalue weighted by Gasteiger charge is 2.14. The number of benzene rings is 1. The molecule has 5 heteroatoms. The molecule has 1 aliphatic carbocycles. The SMILES string of the molecule is Cc1ccn(C(=O)c2ccc(-n3cccn3)cc2)c(=NC2CCCCC2)c1. The Bertz CT molecular complexity index is 978. The Morgan fingerprint density at radius 1 is 1.07 bits per heavy atom. The smallest absolute Gasteiger partial charge is 0.263 e. The Hall–Kier alpha value is -2.95. The van der Waals surface area contributed by atoms with Crippen LogP contribution < -0.4 is 5.49 Å². The van der Waals surface area contributed by atoms with E-state index in [1.54, 1.807) is 15.4 Å². The molecule has 0 radical (unpaired) electrons. The monoisotopic (exact) mass is 360 g/mol. The molecule has 5 nitrogen and oxygen atoms in total. The van der Waals surface area contributed by atoms with Gasteiger partial charge in [0.1, 0.15) is 5.49 Å². The van der Waals surface area contributed by atoms with Crippen LogP contribution in [0.15, 0.2) is 66.0 Å². The van der Waals surface area contributed by atoms with Crippen LogP contribution in [0, 0.1) is 6.92 Å². The minimum absolute atomic E-state index is 0.0587. The Balaban J connectivity index is 1.66. The molecular formula is C22H24N4O. The predicted octanol–water partition coefficient (Wildman–Crippen LogP) is 3.90. The zero-order valence-corrected chi connectivity index (χ0v) is 15.6. The van der Waals surface area contributed by atoms with Crippen molar-refractivity contribution in [3.05, 3.63) is 77.7 Å². The summed E-state index contributed by atoms with van der Waals surface area (Å²) < 4.78 is 3.45. The fourth-order valence-corrected chi connectivity index (χ4v) is 3.58. The molecule has 0 bridgehead atoms. The molecule has 0 spiro atoms. The van der Waals surface area contributed by atoms with Crippen LogP contribution in [0.2, 0.25) is 0 Å². The van der Waals surface area contributed by atoms with Crippen molar-refractivity contribution in [2.24, 2.45) is 4.99 Å². The summed E-state index contributed by atoms with van der Waals surface area (Å²) in [5.74, 6) is -0.0587. The fourth-order valence-electron chi connectivity index (χ4n) is 3.58. The molecule has 2 aromatic heterocycles. The molecule has 138 valence electrons. The third-order valence-electron chi connectivity index (χ3n) is 5.08. The summed E-state index contributed by atoms with van der Waals surface area (Å²) in [5.41, 5.74) is 3.43. The van der Waals surface area contributed by atoms with Gasteiger partial charge in [-0.3, -0.25) is 14.4 Å². The van der Waals surface area contributed by atoms with Gasteiger partial charge in [-0.2, -0.15) is 5.10 Å². The van der Waals surface area contributed by atoms with E-state index in [0.717, 1.165) is 29.6 Å². The third kappa shape index (κ3) is 3.92. The molecule has 1 aliphatic rings. The number of rotatable bonds is 3. The highest BCUT2D eigenvalue weighted by Crippen LogP contribution is 2.19. The first-order chi connectivity index (χ1) is 13.2. The Morgan fingerprint density at radius 3 is 2.56 bits per heavy atom. The zero-order chi connectivity index (χ0) is 18.6. The maximum absolute atomic E-state index is 13.1. The molecule has 0 unspecified atom stereocenters. The van der Waals surface area contributed by atoms with Gasteiger partial charge in [0, 0.05) is 24.2 Å². The molecule has 2 heterocycles. The average molecular weight is 360 g/mol. The van der Waals surface area contributed by atoms with Gasteiger partial charge in [0.15, 0.2) is 0 Å². The second-order valence-corrected chi connectivity index (χ2v) is 7.16. The van der Waals surface area contributed by atoms with E-state index in [2.05, 4.69) is 5.10 Å². The number of aromatic nitrogens is 3. The van der Waals surface area contributed by atoms with Crippen molar-refractivity contribution in [1.29, 1.82) is 0 Å². The van der Waals surface area contributed by atoms with E-state index in [9.17, 15) is 4.79 Å². The van der Waals surface area contributed by atoms with Crippen LogP contribution in [0.4, 0.5) is 0 Å². The predicted molar refractivity (Wildman–Crippen MR) is 105 cm³/mol. The normalized spacial score (nSPS) is 15.8. The highest BCUT2D eigenvalue weighted by atomic mass is 16.2. The number of aryl methyl sites for hydroxylation is 1. The lowest BCUT2D eigenvalue weighted by molar-refractivity contribution is 0.0954. The number of carbonyl (C=O) groups excluding carboxylic acids is 1. The van der Waals surface area contributed by atoms with E-state index in [-0.39, 0.29) is 5.91 Å². The largest absolute Gasteiger partial charge is 0.268 e. The number of pyridine rings is 1. The maximum atomic E-state index is 13.1. The van der Waals surface area contributed by atoms with Crippen molar-refractivity contribution < 1.29 is 4.79 Å². The second-order valence-electron chi connectivity index (χ2n) is 7.16. The summed E-state index contributed by atoms with van der Waals surface area (Å²) in [5, 5.41) is 4.22. The van der Waals surface area contributed by atoms with E-state index in [4.69, 9.17) is 4.99 Å². The van der Waals surface area contributed by atoms with Crippen LogP contribution >= 0.6 is 0 Å². The van der Waals surface area contributed by atoms with Gasteiger partial charge in [-0.1, -0.05) is 19.3 Å². The number of nitrogens with zero attached hydrogens (tertiary/aromatic N) is 4. The van der Waals surface area contributed by atoms with Crippen LogP contribution in [0.25, 0.3) is 5.69 Å². The lowest BCUT2D eigenvalue weighted by atomic mass is 9.96. The zero-order valence-electron chi connectivity index (χ0n) is 15.6. The van der Waals surface area contributed by atoms with Crippen LogP contribution in [0.5, 0.6) is 0 Å². The maximum Gasteiger partial charge on any atom is 0.263 e. The minimum atomic E-state index is -0.0587. The third-order valence-corrected chi connectivity index (χ3v) is 5.08. The van der Waals surface area contributed by atoms with Crippen LogP contribution in [-0.2, 0) is 0 Å². The van der Waals surface area contributed by atoms with Gasteiger partial charge >= 0.3 is 0 Å².